The summed E-state index contributed by atoms with van der Waals surface area (Å²) in [5, 5.41) is 12.1. The minimum Gasteiger partial charge on any atom is -0.497 e. The van der Waals surface area contributed by atoms with Crippen LogP contribution in [0.4, 0.5) is 0 Å². The summed E-state index contributed by atoms with van der Waals surface area (Å²) in [4.78, 5) is 23.6. The Labute approximate surface area is 137 Å². The van der Waals surface area contributed by atoms with E-state index in [1.807, 2.05) is 38.1 Å². The highest BCUT2D eigenvalue weighted by Gasteiger charge is 2.33. The van der Waals surface area contributed by atoms with Crippen LogP contribution in [0.3, 0.4) is 0 Å². The molecule has 0 spiro atoms. The normalized spacial score (nSPS) is 21.5. The van der Waals surface area contributed by atoms with Crippen LogP contribution in [0, 0.1) is 5.92 Å². The molecule has 0 atom stereocenters. The third-order valence-corrected chi connectivity index (χ3v) is 4.79. The number of carboxylic acids is 1. The topological polar surface area (TPSA) is 75.6 Å². The summed E-state index contributed by atoms with van der Waals surface area (Å²) < 4.78 is 5.14. The zero-order valence-electron chi connectivity index (χ0n) is 14.0. The van der Waals surface area contributed by atoms with Crippen LogP contribution >= 0.6 is 0 Å². The summed E-state index contributed by atoms with van der Waals surface area (Å²) in [6.07, 6.45) is 2.70. The van der Waals surface area contributed by atoms with Gasteiger partial charge in [0.05, 0.1) is 18.4 Å². The first-order chi connectivity index (χ1) is 10.8. The zero-order chi connectivity index (χ0) is 17.0. The van der Waals surface area contributed by atoms with Crippen molar-refractivity contribution in [3.8, 4) is 5.75 Å². The Morgan fingerprint density at radius 2 is 1.70 bits per heavy atom. The van der Waals surface area contributed by atoms with Gasteiger partial charge >= 0.3 is 5.97 Å². The van der Waals surface area contributed by atoms with Crippen LogP contribution in [0.1, 0.15) is 45.1 Å². The average molecular weight is 319 g/mol. The Morgan fingerprint density at radius 1 is 1.13 bits per heavy atom. The van der Waals surface area contributed by atoms with Crippen molar-refractivity contribution in [2.45, 2.75) is 51.0 Å². The summed E-state index contributed by atoms with van der Waals surface area (Å²) in [5.41, 5.74) is 0.283. The molecule has 5 heteroatoms. The molecule has 126 valence electrons. The molecule has 1 aromatic rings. The largest absolute Gasteiger partial charge is 0.497 e. The van der Waals surface area contributed by atoms with Crippen molar-refractivity contribution in [1.29, 1.82) is 0 Å². The van der Waals surface area contributed by atoms with Gasteiger partial charge in [0.1, 0.15) is 5.75 Å². The van der Waals surface area contributed by atoms with Gasteiger partial charge in [-0.15, -0.1) is 0 Å². The van der Waals surface area contributed by atoms with E-state index in [1.54, 1.807) is 7.11 Å². The monoisotopic (exact) mass is 319 g/mol. The molecule has 0 saturated heterocycles. The minimum absolute atomic E-state index is 0.0264. The van der Waals surface area contributed by atoms with E-state index in [-0.39, 0.29) is 17.9 Å². The second-order valence-electron chi connectivity index (χ2n) is 6.71. The lowest BCUT2D eigenvalue weighted by molar-refractivity contribution is -0.142. The van der Waals surface area contributed by atoms with Crippen LogP contribution in [0.15, 0.2) is 24.3 Å². The predicted octanol–water partition coefficient (Wildman–Crippen LogP) is 2.73. The van der Waals surface area contributed by atoms with Gasteiger partial charge in [-0.3, -0.25) is 9.59 Å². The molecule has 2 N–H and O–H groups in total. The van der Waals surface area contributed by atoms with E-state index in [0.717, 1.165) is 24.2 Å². The molecule has 1 amide bonds. The molecular formula is C18H25NO4. The molecule has 0 aromatic heterocycles. The smallest absolute Gasteiger partial charge is 0.306 e. The summed E-state index contributed by atoms with van der Waals surface area (Å²) in [5.74, 6) is -0.260. The third kappa shape index (κ3) is 4.03. The Kier molecular flexibility index (Phi) is 5.29. The van der Waals surface area contributed by atoms with E-state index in [0.29, 0.717) is 12.8 Å². The van der Waals surface area contributed by atoms with E-state index in [4.69, 9.17) is 9.84 Å². The van der Waals surface area contributed by atoms with Crippen LogP contribution < -0.4 is 10.1 Å². The molecular weight excluding hydrogens is 294 g/mol. The van der Waals surface area contributed by atoms with Crippen LogP contribution in [0.5, 0.6) is 5.75 Å². The van der Waals surface area contributed by atoms with Gasteiger partial charge in [0, 0.05) is 6.04 Å². The molecule has 1 aromatic carbocycles. The summed E-state index contributed by atoms with van der Waals surface area (Å²) in [7, 11) is 1.61. The Balaban J connectivity index is 1.97. The second-order valence-corrected chi connectivity index (χ2v) is 6.71. The highest BCUT2D eigenvalue weighted by molar-refractivity contribution is 5.87. The van der Waals surface area contributed by atoms with Crippen molar-refractivity contribution in [3.63, 3.8) is 0 Å². The number of benzene rings is 1. The van der Waals surface area contributed by atoms with Gasteiger partial charge in [0.2, 0.25) is 5.91 Å². The lowest BCUT2D eigenvalue weighted by atomic mass is 9.82. The number of ether oxygens (including phenoxy) is 1. The molecule has 1 aliphatic carbocycles. The molecule has 1 fully saturated rings. The van der Waals surface area contributed by atoms with Gasteiger partial charge in [-0.2, -0.15) is 0 Å². The first-order valence-electron chi connectivity index (χ1n) is 8.03. The van der Waals surface area contributed by atoms with Crippen molar-refractivity contribution >= 4 is 11.9 Å². The highest BCUT2D eigenvalue weighted by Crippen LogP contribution is 2.28. The summed E-state index contributed by atoms with van der Waals surface area (Å²) in [6.45, 7) is 3.79. The van der Waals surface area contributed by atoms with Crippen LogP contribution in [0.2, 0.25) is 0 Å². The maximum atomic E-state index is 12.6. The maximum Gasteiger partial charge on any atom is 0.306 e. The number of carbonyl (C=O) groups excluding carboxylic acids is 1. The van der Waals surface area contributed by atoms with Crippen molar-refractivity contribution < 1.29 is 19.4 Å². The van der Waals surface area contributed by atoms with E-state index < -0.39 is 11.4 Å². The quantitative estimate of drug-likeness (QED) is 0.875. The molecule has 0 heterocycles. The lowest BCUT2D eigenvalue weighted by Gasteiger charge is -2.31. The SMILES string of the molecule is COc1ccc(C(C)(C)C(=O)NC2CCC(C(=O)O)CC2)cc1. The van der Waals surface area contributed by atoms with Crippen molar-refractivity contribution in [2.24, 2.45) is 5.92 Å². The zero-order valence-corrected chi connectivity index (χ0v) is 14.0. The number of hydrogen-bond acceptors (Lipinski definition) is 3. The highest BCUT2D eigenvalue weighted by atomic mass is 16.5. The van der Waals surface area contributed by atoms with Crippen molar-refractivity contribution in [2.75, 3.05) is 7.11 Å². The van der Waals surface area contributed by atoms with Gasteiger partial charge in [-0.1, -0.05) is 12.1 Å². The first-order valence-corrected chi connectivity index (χ1v) is 8.03. The molecule has 0 unspecified atom stereocenters. The Bertz CT molecular complexity index is 557. The average Bonchev–Trinajstić information content (AvgIpc) is 2.55. The first kappa shape index (κ1) is 17.3. The summed E-state index contributed by atoms with van der Waals surface area (Å²) in [6, 6.07) is 7.57. The molecule has 0 radical (unpaired) electrons. The Hall–Kier alpha value is -2.04. The number of carbonyl (C=O) groups is 2. The Morgan fingerprint density at radius 3 is 2.17 bits per heavy atom. The van der Waals surface area contributed by atoms with Crippen LogP contribution in [-0.2, 0) is 15.0 Å². The number of rotatable bonds is 5. The van der Waals surface area contributed by atoms with Gasteiger partial charge in [0.25, 0.3) is 0 Å². The van der Waals surface area contributed by atoms with Crippen molar-refractivity contribution in [3.05, 3.63) is 29.8 Å². The van der Waals surface area contributed by atoms with Gasteiger partial charge in [-0.05, 0) is 57.2 Å². The number of amides is 1. The molecule has 23 heavy (non-hydrogen) atoms. The van der Waals surface area contributed by atoms with E-state index in [1.165, 1.54) is 0 Å². The molecule has 2 rings (SSSR count). The number of nitrogens with one attached hydrogen (secondary N) is 1. The van der Waals surface area contributed by atoms with Crippen molar-refractivity contribution in [1.82, 2.24) is 5.32 Å². The van der Waals surface area contributed by atoms with Gasteiger partial charge in [0.15, 0.2) is 0 Å². The molecule has 0 aliphatic heterocycles. The summed E-state index contributed by atoms with van der Waals surface area (Å²) >= 11 is 0. The fourth-order valence-corrected chi connectivity index (χ4v) is 2.99. The minimum atomic E-state index is -0.728. The molecule has 1 saturated carbocycles. The van der Waals surface area contributed by atoms with Gasteiger partial charge < -0.3 is 15.2 Å². The number of methoxy groups -OCH3 is 1. The molecule has 5 nitrogen and oxygen atoms in total. The second kappa shape index (κ2) is 7.02. The van der Waals surface area contributed by atoms with E-state index in [2.05, 4.69) is 5.32 Å². The van der Waals surface area contributed by atoms with E-state index in [9.17, 15) is 9.59 Å². The van der Waals surface area contributed by atoms with Crippen LogP contribution in [0.25, 0.3) is 0 Å². The fraction of sp³-hybridized carbons (Fsp3) is 0.556. The van der Waals surface area contributed by atoms with Crippen LogP contribution in [-0.4, -0.2) is 30.1 Å². The van der Waals surface area contributed by atoms with E-state index >= 15 is 0 Å². The fourth-order valence-electron chi connectivity index (χ4n) is 2.99. The maximum absolute atomic E-state index is 12.6. The molecule has 1 aliphatic rings. The predicted molar refractivity (Wildman–Crippen MR) is 87.5 cm³/mol. The molecule has 0 bridgehead atoms. The lowest BCUT2D eigenvalue weighted by Crippen LogP contribution is -2.46. The standard InChI is InChI=1S/C18H25NO4/c1-18(2,13-6-10-15(23-3)11-7-13)17(22)19-14-8-4-12(5-9-14)16(20)21/h6-7,10-12,14H,4-5,8-9H2,1-3H3,(H,19,22)(H,20,21). The number of carboxylic acid groups (broad SMARTS) is 1. The number of aliphatic carboxylic acids is 1. The van der Waals surface area contributed by atoms with Gasteiger partial charge in [-0.25, -0.2) is 0 Å². The number of hydrogen-bond donors (Lipinski definition) is 2. The third-order valence-electron chi connectivity index (χ3n) is 4.79.